The first-order valence-electron chi connectivity index (χ1n) is 6.07. The molecule has 2 aromatic heterocycles. The zero-order valence-corrected chi connectivity index (χ0v) is 10.4. The van der Waals surface area contributed by atoms with Crippen LogP contribution in [0.5, 0.6) is 5.75 Å². The third-order valence-corrected chi connectivity index (χ3v) is 3.04. The SMILES string of the molecule is OCCc1nc2cccc[n+]2c(C(CO)CO)c1O. The fraction of sp³-hybridized carbons (Fsp3) is 0.385. The largest absolute Gasteiger partial charge is 0.501 e. The van der Waals surface area contributed by atoms with E-state index in [1.165, 1.54) is 0 Å². The van der Waals surface area contributed by atoms with Crippen LogP contribution < -0.4 is 4.40 Å². The highest BCUT2D eigenvalue weighted by molar-refractivity contribution is 5.39. The average molecular weight is 265 g/mol. The number of hydrogen-bond donors (Lipinski definition) is 4. The summed E-state index contributed by atoms with van der Waals surface area (Å²) < 4.78 is 1.63. The van der Waals surface area contributed by atoms with Gasteiger partial charge in [0, 0.05) is 12.5 Å². The second kappa shape index (κ2) is 5.92. The van der Waals surface area contributed by atoms with Crippen molar-refractivity contribution < 1.29 is 24.8 Å². The summed E-state index contributed by atoms with van der Waals surface area (Å²) in [7, 11) is 0. The highest BCUT2D eigenvalue weighted by Crippen LogP contribution is 2.25. The van der Waals surface area contributed by atoms with Gasteiger partial charge in [-0.15, -0.1) is 0 Å². The molecule has 0 saturated carbocycles. The first-order chi connectivity index (χ1) is 9.22. The van der Waals surface area contributed by atoms with E-state index in [0.29, 0.717) is 17.0 Å². The minimum Gasteiger partial charge on any atom is -0.501 e. The summed E-state index contributed by atoms with van der Waals surface area (Å²) >= 11 is 0. The smallest absolute Gasteiger partial charge is 0.328 e. The molecule has 0 saturated heterocycles. The van der Waals surface area contributed by atoms with E-state index >= 15 is 0 Å². The second-order valence-electron chi connectivity index (χ2n) is 4.26. The van der Waals surface area contributed by atoms with Crippen molar-refractivity contribution in [2.24, 2.45) is 0 Å². The van der Waals surface area contributed by atoms with Gasteiger partial charge in [0.2, 0.25) is 11.4 Å². The number of hydrogen-bond acceptors (Lipinski definition) is 5. The summed E-state index contributed by atoms with van der Waals surface area (Å²) in [6, 6.07) is 5.34. The highest BCUT2D eigenvalue weighted by Gasteiger charge is 2.27. The van der Waals surface area contributed by atoms with E-state index in [-0.39, 0.29) is 32.0 Å². The third kappa shape index (κ3) is 2.51. The van der Waals surface area contributed by atoms with Crippen molar-refractivity contribution in [2.75, 3.05) is 19.8 Å². The van der Waals surface area contributed by atoms with E-state index in [1.807, 2.05) is 0 Å². The predicted octanol–water partition coefficient (Wildman–Crippen LogP) is -0.871. The van der Waals surface area contributed by atoms with Crippen LogP contribution in [0.25, 0.3) is 5.65 Å². The minimum absolute atomic E-state index is 0.0918. The Morgan fingerprint density at radius 1 is 1.16 bits per heavy atom. The van der Waals surface area contributed by atoms with E-state index < -0.39 is 5.92 Å². The molecule has 19 heavy (non-hydrogen) atoms. The molecule has 2 aromatic rings. The maximum atomic E-state index is 10.2. The number of aliphatic hydroxyl groups is 3. The Labute approximate surface area is 110 Å². The van der Waals surface area contributed by atoms with Crippen molar-refractivity contribution >= 4 is 5.65 Å². The van der Waals surface area contributed by atoms with Gasteiger partial charge < -0.3 is 20.4 Å². The monoisotopic (exact) mass is 265 g/mol. The topological polar surface area (TPSA) is 97.9 Å². The van der Waals surface area contributed by atoms with Crippen LogP contribution >= 0.6 is 0 Å². The predicted molar refractivity (Wildman–Crippen MR) is 66.8 cm³/mol. The molecular formula is C13H17N2O4+. The molecule has 4 N–H and O–H groups in total. The molecule has 102 valence electrons. The van der Waals surface area contributed by atoms with Gasteiger partial charge in [-0.2, -0.15) is 4.40 Å². The van der Waals surface area contributed by atoms with Gasteiger partial charge in [0.15, 0.2) is 5.69 Å². The number of aliphatic hydroxyl groups excluding tert-OH is 3. The third-order valence-electron chi connectivity index (χ3n) is 3.04. The van der Waals surface area contributed by atoms with Gasteiger partial charge in [0.05, 0.1) is 31.9 Å². The van der Waals surface area contributed by atoms with Crippen LogP contribution in [0.2, 0.25) is 0 Å². The molecule has 0 aliphatic rings. The van der Waals surface area contributed by atoms with Gasteiger partial charge in [-0.1, -0.05) is 6.07 Å². The number of rotatable bonds is 5. The van der Waals surface area contributed by atoms with Crippen LogP contribution in [-0.4, -0.2) is 45.2 Å². The average Bonchev–Trinajstić information content (AvgIpc) is 2.44. The lowest BCUT2D eigenvalue weighted by atomic mass is 10.0. The Hall–Kier alpha value is -1.76. The van der Waals surface area contributed by atoms with Crippen LogP contribution in [-0.2, 0) is 6.42 Å². The van der Waals surface area contributed by atoms with Crippen LogP contribution in [0, 0.1) is 0 Å². The normalized spacial score (nSPS) is 11.4. The fourth-order valence-corrected chi connectivity index (χ4v) is 2.08. The molecule has 2 rings (SSSR count). The van der Waals surface area contributed by atoms with E-state index in [9.17, 15) is 15.3 Å². The van der Waals surface area contributed by atoms with Gasteiger partial charge in [-0.05, 0) is 11.1 Å². The second-order valence-corrected chi connectivity index (χ2v) is 4.26. The van der Waals surface area contributed by atoms with Crippen molar-refractivity contribution in [1.82, 2.24) is 4.98 Å². The Kier molecular flexibility index (Phi) is 4.26. The van der Waals surface area contributed by atoms with Gasteiger partial charge in [-0.25, -0.2) is 0 Å². The Morgan fingerprint density at radius 3 is 2.53 bits per heavy atom. The highest BCUT2D eigenvalue weighted by atomic mass is 16.3. The van der Waals surface area contributed by atoms with Crippen molar-refractivity contribution in [2.45, 2.75) is 12.3 Å². The molecule has 0 unspecified atom stereocenters. The summed E-state index contributed by atoms with van der Waals surface area (Å²) in [4.78, 5) is 4.27. The molecule has 0 bridgehead atoms. The minimum atomic E-state index is -0.602. The number of aromatic hydroxyl groups is 1. The van der Waals surface area contributed by atoms with Crippen molar-refractivity contribution in [3.63, 3.8) is 0 Å². The molecule has 0 spiro atoms. The Morgan fingerprint density at radius 2 is 1.89 bits per heavy atom. The van der Waals surface area contributed by atoms with Crippen LogP contribution in [0.15, 0.2) is 24.4 Å². The lowest BCUT2D eigenvalue weighted by Crippen LogP contribution is -2.33. The first-order valence-corrected chi connectivity index (χ1v) is 6.07. The molecular weight excluding hydrogens is 248 g/mol. The maximum absolute atomic E-state index is 10.2. The van der Waals surface area contributed by atoms with Crippen LogP contribution in [0.3, 0.4) is 0 Å². The molecule has 0 aromatic carbocycles. The van der Waals surface area contributed by atoms with E-state index in [1.54, 1.807) is 28.8 Å². The first kappa shape index (κ1) is 13.7. The lowest BCUT2D eigenvalue weighted by molar-refractivity contribution is -0.527. The number of fused-ring (bicyclic) bond motifs is 1. The van der Waals surface area contributed by atoms with Crippen LogP contribution in [0.1, 0.15) is 17.3 Å². The maximum Gasteiger partial charge on any atom is 0.328 e. The van der Waals surface area contributed by atoms with Gasteiger partial charge in [0.1, 0.15) is 0 Å². The molecule has 6 heteroatoms. The lowest BCUT2D eigenvalue weighted by Gasteiger charge is -2.13. The summed E-state index contributed by atoms with van der Waals surface area (Å²) in [6.45, 7) is -0.709. The molecule has 6 nitrogen and oxygen atoms in total. The van der Waals surface area contributed by atoms with Gasteiger partial charge in [-0.3, -0.25) is 0 Å². The Balaban J connectivity index is 2.72. The number of pyridine rings is 1. The fourth-order valence-electron chi connectivity index (χ4n) is 2.08. The zero-order valence-electron chi connectivity index (χ0n) is 10.4. The quantitative estimate of drug-likeness (QED) is 0.527. The number of nitrogens with zero attached hydrogens (tertiary/aromatic N) is 2. The van der Waals surface area contributed by atoms with Crippen molar-refractivity contribution in [3.8, 4) is 5.75 Å². The molecule has 0 aliphatic carbocycles. The molecule has 0 aliphatic heterocycles. The number of aromatic nitrogens is 2. The molecule has 0 radical (unpaired) electrons. The van der Waals surface area contributed by atoms with Crippen molar-refractivity contribution in [1.29, 1.82) is 0 Å². The molecule has 0 atom stereocenters. The van der Waals surface area contributed by atoms with Gasteiger partial charge >= 0.3 is 5.65 Å². The summed E-state index contributed by atoms with van der Waals surface area (Å²) in [6.07, 6.45) is 1.92. The van der Waals surface area contributed by atoms with E-state index in [4.69, 9.17) is 5.11 Å². The standard InChI is InChI=1S/C13H16N2O4/c16-6-4-10-13(19)12(9(7-17)8-18)15-5-2-1-3-11(15)14-10/h1-3,5,9,16-18H,4,6-8H2/p+1. The summed E-state index contributed by atoms with van der Waals surface area (Å²) in [5.74, 6) is -0.693. The van der Waals surface area contributed by atoms with Crippen molar-refractivity contribution in [3.05, 3.63) is 35.8 Å². The molecule has 0 amide bonds. The van der Waals surface area contributed by atoms with Gasteiger partial charge in [0.25, 0.3) is 0 Å². The van der Waals surface area contributed by atoms with E-state index in [0.717, 1.165) is 0 Å². The van der Waals surface area contributed by atoms with E-state index in [2.05, 4.69) is 4.98 Å². The summed E-state index contributed by atoms with van der Waals surface area (Å²) in [5, 5.41) is 37.9. The molecule has 0 fully saturated rings. The Bertz CT molecular complexity index is 570. The zero-order chi connectivity index (χ0) is 13.8. The molecule has 2 heterocycles. The summed E-state index contributed by atoms with van der Waals surface area (Å²) in [5.41, 5.74) is 1.35. The van der Waals surface area contributed by atoms with Crippen LogP contribution in [0.4, 0.5) is 0 Å².